The third kappa shape index (κ3) is 3.24. The molecule has 0 aliphatic carbocycles. The maximum Gasteiger partial charge on any atom is 0.253 e. The number of aromatic nitrogens is 1. The molecule has 0 spiro atoms. The Kier molecular flexibility index (Phi) is 4.51. The summed E-state index contributed by atoms with van der Waals surface area (Å²) in [5.41, 5.74) is 1.68. The fraction of sp³-hybridized carbons (Fsp3) is 0.375. The van der Waals surface area contributed by atoms with Crippen LogP contribution >= 0.6 is 15.9 Å². The summed E-state index contributed by atoms with van der Waals surface area (Å²) < 4.78 is 0. The number of benzene rings is 1. The summed E-state index contributed by atoms with van der Waals surface area (Å²) >= 11 is 3.46. The van der Waals surface area contributed by atoms with Crippen molar-refractivity contribution < 1.29 is 4.79 Å². The minimum Gasteiger partial charge on any atom is -0.336 e. The monoisotopic (exact) mass is 347 g/mol. The first kappa shape index (κ1) is 14.5. The molecule has 1 aliphatic heterocycles. The van der Waals surface area contributed by atoms with E-state index in [1.165, 1.54) is 0 Å². The lowest BCUT2D eigenvalue weighted by Gasteiger charge is -2.34. The first-order valence-electron chi connectivity index (χ1n) is 7.20. The van der Waals surface area contributed by atoms with Gasteiger partial charge in [-0.25, -0.2) is 0 Å². The van der Waals surface area contributed by atoms with Gasteiger partial charge in [-0.2, -0.15) is 0 Å². The third-order valence-corrected chi connectivity index (χ3v) is 4.26. The zero-order valence-electron chi connectivity index (χ0n) is 11.8. The molecule has 5 heteroatoms. The lowest BCUT2D eigenvalue weighted by Crippen LogP contribution is -2.49. The molecule has 1 aromatic heterocycles. The molecule has 0 unspecified atom stereocenters. The summed E-state index contributed by atoms with van der Waals surface area (Å²) in [6, 6.07) is 9.63. The van der Waals surface area contributed by atoms with Crippen LogP contribution in [0.3, 0.4) is 0 Å². The van der Waals surface area contributed by atoms with E-state index in [4.69, 9.17) is 0 Å². The minimum atomic E-state index is 0.124. The highest BCUT2D eigenvalue weighted by Crippen LogP contribution is 2.16. The van der Waals surface area contributed by atoms with E-state index in [2.05, 4.69) is 25.8 Å². The van der Waals surface area contributed by atoms with E-state index in [-0.39, 0.29) is 5.91 Å². The predicted molar refractivity (Wildman–Crippen MR) is 87.9 cm³/mol. The van der Waals surface area contributed by atoms with Crippen molar-refractivity contribution in [3.63, 3.8) is 0 Å². The van der Waals surface area contributed by atoms with Crippen LogP contribution in [0.2, 0.25) is 0 Å². The van der Waals surface area contributed by atoms with Crippen LogP contribution in [0.25, 0.3) is 10.9 Å². The topological polar surface area (TPSA) is 36.4 Å². The van der Waals surface area contributed by atoms with E-state index in [1.54, 1.807) is 6.20 Å². The fourth-order valence-corrected chi connectivity index (χ4v) is 3.19. The van der Waals surface area contributed by atoms with Crippen LogP contribution in [-0.4, -0.2) is 58.7 Å². The van der Waals surface area contributed by atoms with E-state index < -0.39 is 0 Å². The zero-order chi connectivity index (χ0) is 14.7. The van der Waals surface area contributed by atoms with E-state index in [0.717, 1.165) is 54.5 Å². The summed E-state index contributed by atoms with van der Waals surface area (Å²) in [6.45, 7) is 4.55. The van der Waals surface area contributed by atoms with E-state index in [1.807, 2.05) is 35.2 Å². The second-order valence-electron chi connectivity index (χ2n) is 5.23. The van der Waals surface area contributed by atoms with Crippen LogP contribution in [0.4, 0.5) is 0 Å². The maximum absolute atomic E-state index is 12.6. The number of nitrogens with zero attached hydrogens (tertiary/aromatic N) is 3. The molecule has 1 fully saturated rings. The number of alkyl halides is 1. The molecule has 3 rings (SSSR count). The number of fused-ring (bicyclic) bond motifs is 1. The lowest BCUT2D eigenvalue weighted by molar-refractivity contribution is 0.0645. The van der Waals surface area contributed by atoms with Crippen LogP contribution in [0.1, 0.15) is 10.4 Å². The minimum absolute atomic E-state index is 0.124. The molecule has 21 heavy (non-hydrogen) atoms. The Hall–Kier alpha value is -1.46. The van der Waals surface area contributed by atoms with Crippen LogP contribution < -0.4 is 0 Å². The van der Waals surface area contributed by atoms with Gasteiger partial charge in [0.25, 0.3) is 5.91 Å². The van der Waals surface area contributed by atoms with Crippen molar-refractivity contribution in [1.29, 1.82) is 0 Å². The standard InChI is InChI=1S/C16H18BrN3O/c17-5-7-19-8-10-20(11-9-19)16(21)14-3-4-15-13(12-14)2-1-6-18-15/h1-4,6,12H,5,7-11H2. The highest BCUT2D eigenvalue weighted by atomic mass is 79.9. The summed E-state index contributed by atoms with van der Waals surface area (Å²) in [6.07, 6.45) is 1.77. The molecule has 4 nitrogen and oxygen atoms in total. The van der Waals surface area contributed by atoms with Crippen LogP contribution in [-0.2, 0) is 0 Å². The van der Waals surface area contributed by atoms with Crippen LogP contribution in [0.5, 0.6) is 0 Å². The van der Waals surface area contributed by atoms with Gasteiger partial charge in [0.15, 0.2) is 0 Å². The molecule has 1 aromatic carbocycles. The Balaban J connectivity index is 1.72. The van der Waals surface area contributed by atoms with Crippen molar-refractivity contribution in [3.05, 3.63) is 42.1 Å². The maximum atomic E-state index is 12.6. The van der Waals surface area contributed by atoms with Gasteiger partial charge in [-0.3, -0.25) is 14.7 Å². The van der Waals surface area contributed by atoms with E-state index in [0.29, 0.717) is 0 Å². The Morgan fingerprint density at radius 2 is 2.00 bits per heavy atom. The van der Waals surface area contributed by atoms with Crippen molar-refractivity contribution in [2.75, 3.05) is 38.1 Å². The van der Waals surface area contributed by atoms with Gasteiger partial charge in [0.2, 0.25) is 0 Å². The molecule has 0 atom stereocenters. The number of rotatable bonds is 3. The number of hydrogen-bond donors (Lipinski definition) is 0. The molecule has 0 radical (unpaired) electrons. The summed E-state index contributed by atoms with van der Waals surface area (Å²) in [5.74, 6) is 0.124. The summed E-state index contributed by atoms with van der Waals surface area (Å²) in [7, 11) is 0. The number of amides is 1. The van der Waals surface area contributed by atoms with Crippen molar-refractivity contribution in [3.8, 4) is 0 Å². The molecule has 0 bridgehead atoms. The Labute approximate surface area is 132 Å². The van der Waals surface area contributed by atoms with Crippen molar-refractivity contribution in [2.24, 2.45) is 0 Å². The van der Waals surface area contributed by atoms with E-state index >= 15 is 0 Å². The average Bonchev–Trinajstić information content (AvgIpc) is 2.55. The van der Waals surface area contributed by atoms with Gasteiger partial charge in [-0.1, -0.05) is 22.0 Å². The molecular formula is C16H18BrN3O. The molecule has 1 saturated heterocycles. The smallest absolute Gasteiger partial charge is 0.253 e. The largest absolute Gasteiger partial charge is 0.336 e. The van der Waals surface area contributed by atoms with Gasteiger partial charge in [-0.05, 0) is 24.3 Å². The van der Waals surface area contributed by atoms with Gasteiger partial charge in [-0.15, -0.1) is 0 Å². The molecule has 2 aromatic rings. The molecule has 0 saturated carbocycles. The molecular weight excluding hydrogens is 330 g/mol. The highest BCUT2D eigenvalue weighted by molar-refractivity contribution is 9.09. The van der Waals surface area contributed by atoms with Gasteiger partial charge in [0.1, 0.15) is 0 Å². The normalized spacial score (nSPS) is 16.3. The average molecular weight is 348 g/mol. The van der Waals surface area contributed by atoms with Gasteiger partial charge >= 0.3 is 0 Å². The Bertz CT molecular complexity index is 638. The van der Waals surface area contributed by atoms with Crippen molar-refractivity contribution >= 4 is 32.7 Å². The van der Waals surface area contributed by atoms with Crippen LogP contribution in [0, 0.1) is 0 Å². The number of hydrogen-bond acceptors (Lipinski definition) is 3. The second-order valence-corrected chi connectivity index (χ2v) is 6.03. The first-order valence-corrected chi connectivity index (χ1v) is 8.32. The van der Waals surface area contributed by atoms with Crippen molar-refractivity contribution in [2.45, 2.75) is 0 Å². The van der Waals surface area contributed by atoms with Gasteiger partial charge in [0.05, 0.1) is 5.52 Å². The number of carbonyl (C=O) groups excluding carboxylic acids is 1. The molecule has 0 N–H and O–H groups in total. The van der Waals surface area contributed by atoms with Gasteiger partial charge < -0.3 is 4.90 Å². The quantitative estimate of drug-likeness (QED) is 0.800. The highest BCUT2D eigenvalue weighted by Gasteiger charge is 2.21. The van der Waals surface area contributed by atoms with Crippen molar-refractivity contribution in [1.82, 2.24) is 14.8 Å². The SMILES string of the molecule is O=C(c1ccc2ncccc2c1)N1CCN(CCBr)CC1. The Morgan fingerprint density at radius 1 is 1.19 bits per heavy atom. The summed E-state index contributed by atoms with van der Waals surface area (Å²) in [4.78, 5) is 21.2. The molecule has 1 amide bonds. The second kappa shape index (κ2) is 6.54. The zero-order valence-corrected chi connectivity index (χ0v) is 13.4. The fourth-order valence-electron chi connectivity index (χ4n) is 2.69. The molecule has 2 heterocycles. The lowest BCUT2D eigenvalue weighted by atomic mass is 10.1. The van der Waals surface area contributed by atoms with Gasteiger partial charge in [0, 0.05) is 55.2 Å². The number of halogens is 1. The number of carbonyl (C=O) groups is 1. The predicted octanol–water partition coefficient (Wildman–Crippen LogP) is 2.39. The molecule has 110 valence electrons. The molecule has 1 aliphatic rings. The van der Waals surface area contributed by atoms with Crippen LogP contribution in [0.15, 0.2) is 36.5 Å². The first-order chi connectivity index (χ1) is 10.3. The number of pyridine rings is 1. The Morgan fingerprint density at radius 3 is 2.76 bits per heavy atom. The van der Waals surface area contributed by atoms with E-state index in [9.17, 15) is 4.79 Å². The number of piperazine rings is 1. The summed E-state index contributed by atoms with van der Waals surface area (Å²) in [5, 5.41) is 2.00. The third-order valence-electron chi connectivity index (χ3n) is 3.91.